The fraction of sp³-hybridized carbons (Fsp3) is 0.250. The van der Waals surface area contributed by atoms with Crippen LogP contribution in [-0.4, -0.2) is 16.9 Å². The molecule has 2 aromatic rings. The zero-order valence-corrected chi connectivity index (χ0v) is 11.6. The Hall–Kier alpha value is -1.49. The minimum atomic E-state index is 0.645. The number of aryl methyl sites for hydroxylation is 2. The molecule has 0 fully saturated rings. The van der Waals surface area contributed by atoms with E-state index in [1.165, 1.54) is 0 Å². The molecule has 17 heavy (non-hydrogen) atoms. The maximum atomic E-state index is 5.79. The fourth-order valence-corrected chi connectivity index (χ4v) is 2.21. The molecule has 0 amide bonds. The number of hydrogen-bond acceptors (Lipinski definition) is 3. The lowest BCUT2D eigenvalue weighted by Crippen LogP contribution is -1.96. The van der Waals surface area contributed by atoms with Crippen molar-refractivity contribution in [2.75, 3.05) is 12.8 Å². The van der Waals surface area contributed by atoms with E-state index >= 15 is 0 Å². The Kier molecular flexibility index (Phi) is 3.11. The standard InChI is InChI=1S/C12H14BrN3O/c1-7-4-11(17-3)9(13)5-8(7)10-6-12(14)16(2)15-10/h4-6H,14H2,1-3H3. The molecule has 0 saturated heterocycles. The summed E-state index contributed by atoms with van der Waals surface area (Å²) in [5.41, 5.74) is 8.80. The molecule has 0 saturated carbocycles. The van der Waals surface area contributed by atoms with E-state index in [2.05, 4.69) is 21.0 Å². The van der Waals surface area contributed by atoms with Crippen molar-refractivity contribution in [3.05, 3.63) is 28.2 Å². The van der Waals surface area contributed by atoms with Crippen molar-refractivity contribution in [3.8, 4) is 17.0 Å². The van der Waals surface area contributed by atoms with Gasteiger partial charge < -0.3 is 10.5 Å². The van der Waals surface area contributed by atoms with E-state index in [0.717, 1.165) is 27.0 Å². The van der Waals surface area contributed by atoms with E-state index in [-0.39, 0.29) is 0 Å². The number of halogens is 1. The van der Waals surface area contributed by atoms with Gasteiger partial charge >= 0.3 is 0 Å². The zero-order valence-electron chi connectivity index (χ0n) is 9.99. The van der Waals surface area contributed by atoms with Crippen molar-refractivity contribution in [2.45, 2.75) is 6.92 Å². The SMILES string of the molecule is COc1cc(C)c(-c2cc(N)n(C)n2)cc1Br. The van der Waals surface area contributed by atoms with Crippen LogP contribution in [0.15, 0.2) is 22.7 Å². The van der Waals surface area contributed by atoms with Crippen LogP contribution in [0.5, 0.6) is 5.75 Å². The lowest BCUT2D eigenvalue weighted by atomic mass is 10.1. The maximum Gasteiger partial charge on any atom is 0.133 e. The first kappa shape index (κ1) is 12.0. The summed E-state index contributed by atoms with van der Waals surface area (Å²) in [7, 11) is 3.48. The number of methoxy groups -OCH3 is 1. The molecule has 0 aliphatic heterocycles. The first-order valence-electron chi connectivity index (χ1n) is 5.17. The predicted molar refractivity (Wildman–Crippen MR) is 72.0 cm³/mol. The van der Waals surface area contributed by atoms with Crippen LogP contribution in [0, 0.1) is 6.92 Å². The molecule has 2 rings (SSSR count). The van der Waals surface area contributed by atoms with Crippen LogP contribution in [-0.2, 0) is 7.05 Å². The van der Waals surface area contributed by atoms with Crippen molar-refractivity contribution < 1.29 is 4.74 Å². The molecule has 0 bridgehead atoms. The van der Waals surface area contributed by atoms with Crippen molar-refractivity contribution in [2.24, 2.45) is 7.05 Å². The van der Waals surface area contributed by atoms with E-state index in [1.807, 2.05) is 32.2 Å². The van der Waals surface area contributed by atoms with Crippen LogP contribution < -0.4 is 10.5 Å². The van der Waals surface area contributed by atoms with Gasteiger partial charge in [-0.3, -0.25) is 4.68 Å². The van der Waals surface area contributed by atoms with E-state index in [9.17, 15) is 0 Å². The van der Waals surface area contributed by atoms with Crippen LogP contribution in [0.1, 0.15) is 5.56 Å². The van der Waals surface area contributed by atoms with Crippen molar-refractivity contribution in [1.82, 2.24) is 9.78 Å². The molecule has 1 heterocycles. The van der Waals surface area contributed by atoms with Crippen LogP contribution in [0.25, 0.3) is 11.3 Å². The number of rotatable bonds is 2. The second kappa shape index (κ2) is 4.41. The van der Waals surface area contributed by atoms with Gasteiger partial charge in [0.05, 0.1) is 17.3 Å². The Morgan fingerprint density at radius 2 is 2.06 bits per heavy atom. The van der Waals surface area contributed by atoms with Gasteiger partial charge in [-0.05, 0) is 40.5 Å². The molecule has 0 aliphatic carbocycles. The number of ether oxygens (including phenoxy) is 1. The van der Waals surface area contributed by atoms with Gasteiger partial charge in [0, 0.05) is 18.7 Å². The number of nitrogen functional groups attached to an aromatic ring is 1. The summed E-state index contributed by atoms with van der Waals surface area (Å²) >= 11 is 3.47. The van der Waals surface area contributed by atoms with Gasteiger partial charge in [0.1, 0.15) is 11.6 Å². The first-order valence-corrected chi connectivity index (χ1v) is 5.96. The summed E-state index contributed by atoms with van der Waals surface area (Å²) in [6.45, 7) is 2.02. The zero-order chi connectivity index (χ0) is 12.6. The molecular weight excluding hydrogens is 282 g/mol. The summed E-state index contributed by atoms with van der Waals surface area (Å²) < 4.78 is 7.82. The Labute approximate surface area is 109 Å². The molecule has 0 aliphatic rings. The number of hydrogen-bond donors (Lipinski definition) is 1. The third kappa shape index (κ3) is 2.15. The number of anilines is 1. The van der Waals surface area contributed by atoms with Crippen molar-refractivity contribution >= 4 is 21.7 Å². The van der Waals surface area contributed by atoms with E-state index in [1.54, 1.807) is 11.8 Å². The van der Waals surface area contributed by atoms with E-state index in [0.29, 0.717) is 5.82 Å². The number of nitrogens with zero attached hydrogens (tertiary/aromatic N) is 2. The van der Waals surface area contributed by atoms with Gasteiger partial charge in [0.15, 0.2) is 0 Å². The number of aromatic nitrogens is 2. The molecule has 0 atom stereocenters. The molecule has 0 unspecified atom stereocenters. The second-order valence-corrected chi connectivity index (χ2v) is 4.73. The molecule has 5 heteroatoms. The predicted octanol–water partition coefficient (Wildman–Crippen LogP) is 2.75. The van der Waals surface area contributed by atoms with Crippen LogP contribution in [0.3, 0.4) is 0 Å². The normalized spacial score (nSPS) is 10.6. The minimum Gasteiger partial charge on any atom is -0.496 e. The highest BCUT2D eigenvalue weighted by atomic mass is 79.9. The Balaban J connectivity index is 2.56. The average Bonchev–Trinajstić information content (AvgIpc) is 2.61. The van der Waals surface area contributed by atoms with E-state index in [4.69, 9.17) is 10.5 Å². The average molecular weight is 296 g/mol. The summed E-state index contributed by atoms with van der Waals surface area (Å²) in [6.07, 6.45) is 0. The van der Waals surface area contributed by atoms with Crippen LogP contribution in [0.2, 0.25) is 0 Å². The van der Waals surface area contributed by atoms with Gasteiger partial charge in [-0.2, -0.15) is 5.10 Å². The molecule has 1 aromatic carbocycles. The van der Waals surface area contributed by atoms with Crippen molar-refractivity contribution in [1.29, 1.82) is 0 Å². The van der Waals surface area contributed by atoms with Crippen LogP contribution in [0.4, 0.5) is 5.82 Å². The molecule has 2 N–H and O–H groups in total. The number of nitrogens with two attached hydrogens (primary N) is 1. The summed E-state index contributed by atoms with van der Waals surface area (Å²) in [5.74, 6) is 1.46. The monoisotopic (exact) mass is 295 g/mol. The van der Waals surface area contributed by atoms with Gasteiger partial charge in [-0.25, -0.2) is 0 Å². The fourth-order valence-electron chi connectivity index (χ4n) is 1.70. The smallest absolute Gasteiger partial charge is 0.133 e. The quantitative estimate of drug-likeness (QED) is 0.927. The Morgan fingerprint density at radius 1 is 1.35 bits per heavy atom. The maximum absolute atomic E-state index is 5.79. The van der Waals surface area contributed by atoms with Crippen LogP contribution >= 0.6 is 15.9 Å². The largest absolute Gasteiger partial charge is 0.496 e. The van der Waals surface area contributed by atoms with E-state index < -0.39 is 0 Å². The van der Waals surface area contributed by atoms with Gasteiger partial charge in [-0.1, -0.05) is 0 Å². The highest BCUT2D eigenvalue weighted by molar-refractivity contribution is 9.10. The lowest BCUT2D eigenvalue weighted by molar-refractivity contribution is 0.412. The highest BCUT2D eigenvalue weighted by Crippen LogP contribution is 2.33. The molecular formula is C12H14BrN3O. The number of benzene rings is 1. The third-order valence-corrected chi connectivity index (χ3v) is 3.31. The molecule has 4 nitrogen and oxygen atoms in total. The summed E-state index contributed by atoms with van der Waals surface area (Å²) in [4.78, 5) is 0. The molecule has 1 aromatic heterocycles. The van der Waals surface area contributed by atoms with Crippen molar-refractivity contribution in [3.63, 3.8) is 0 Å². The highest BCUT2D eigenvalue weighted by Gasteiger charge is 2.11. The van der Waals surface area contributed by atoms with Gasteiger partial charge in [0.25, 0.3) is 0 Å². The molecule has 90 valence electrons. The Morgan fingerprint density at radius 3 is 2.59 bits per heavy atom. The second-order valence-electron chi connectivity index (χ2n) is 3.88. The first-order chi connectivity index (χ1) is 8.02. The summed E-state index contributed by atoms with van der Waals surface area (Å²) in [5, 5.41) is 4.37. The lowest BCUT2D eigenvalue weighted by Gasteiger charge is -2.08. The molecule has 0 radical (unpaired) electrons. The topological polar surface area (TPSA) is 53.1 Å². The minimum absolute atomic E-state index is 0.645. The molecule has 0 spiro atoms. The Bertz CT molecular complexity index is 544. The van der Waals surface area contributed by atoms with Gasteiger partial charge in [0.2, 0.25) is 0 Å². The summed E-state index contributed by atoms with van der Waals surface area (Å²) in [6, 6.07) is 5.83. The van der Waals surface area contributed by atoms with Gasteiger partial charge in [-0.15, -0.1) is 0 Å². The third-order valence-electron chi connectivity index (χ3n) is 2.69.